The third kappa shape index (κ3) is 16.4. The second-order valence-corrected chi connectivity index (χ2v) is 14.8. The largest absolute Gasteiger partial charge is 0.357 e. The first-order valence-electron chi connectivity index (χ1n) is 20.0. The minimum Gasteiger partial charge on any atom is -0.357 e. The van der Waals surface area contributed by atoms with Gasteiger partial charge in [0.05, 0.1) is 57.6 Å². The number of nitrogens with one attached hydrogen (secondary N) is 8. The Labute approximate surface area is 360 Å². The lowest BCUT2D eigenvalue weighted by Crippen LogP contribution is -2.47. The fourth-order valence-corrected chi connectivity index (χ4v) is 7.25. The number of carbonyl (C=O) groups is 8. The molecule has 4 aliphatic rings. The van der Waals surface area contributed by atoms with E-state index in [2.05, 4.69) is 42.5 Å². The molecular weight excluding hydrogens is 772 g/mol. The van der Waals surface area contributed by atoms with Gasteiger partial charge in [-0.05, 0) is 53.9 Å². The summed E-state index contributed by atoms with van der Waals surface area (Å²) in [7, 11) is 36.0. The molecule has 20 nitrogen and oxygen atoms in total. The highest BCUT2D eigenvalue weighted by Crippen LogP contribution is 2.28. The molecule has 0 aromatic carbocycles. The molecular formula is C36H64B4N12O8. The molecule has 4 aliphatic heterocycles. The SMILES string of the molecule is [B][C@@H]1C[C@H](C(=O)NC)N(C(=O)CNC)C1.[B][C@@H]1C[C@H](C(=O)NC)N(C(=O)CNC)C1.[B][C@@H]1C[C@H](C(=O)NC)N(C(=O)CNC)C1.[B][C@@H]1C[C@H](C(=O)NC)N(C(=O)CNC)C1. The zero-order valence-corrected chi connectivity index (χ0v) is 36.5. The average molecular weight is 836 g/mol. The molecule has 0 spiro atoms. The lowest BCUT2D eigenvalue weighted by atomic mass is 9.85. The Morgan fingerprint density at radius 1 is 0.367 bits per heavy atom. The van der Waals surface area contributed by atoms with Crippen LogP contribution in [-0.2, 0) is 38.4 Å². The fourth-order valence-electron chi connectivity index (χ4n) is 7.25. The van der Waals surface area contributed by atoms with E-state index >= 15 is 0 Å². The molecule has 0 aromatic rings. The van der Waals surface area contributed by atoms with Gasteiger partial charge in [0.2, 0.25) is 47.3 Å². The molecule has 4 heterocycles. The summed E-state index contributed by atoms with van der Waals surface area (Å²) in [6.07, 6.45) is 2.15. The van der Waals surface area contributed by atoms with Crippen LogP contribution >= 0.6 is 0 Å². The average Bonchev–Trinajstić information content (AvgIpc) is 4.02. The van der Waals surface area contributed by atoms with Crippen LogP contribution in [0.5, 0.6) is 0 Å². The molecule has 328 valence electrons. The molecule has 0 aliphatic carbocycles. The number of hydrogen-bond donors (Lipinski definition) is 8. The Morgan fingerprint density at radius 2 is 0.533 bits per heavy atom. The summed E-state index contributed by atoms with van der Waals surface area (Å²) >= 11 is 0. The Balaban J connectivity index is 0.000000400. The predicted octanol–water partition coefficient (Wildman–Crippen LogP) is -5.96. The van der Waals surface area contributed by atoms with Gasteiger partial charge < -0.3 is 62.1 Å². The van der Waals surface area contributed by atoms with E-state index in [1.807, 2.05) is 0 Å². The number of carbonyl (C=O) groups excluding carboxylic acids is 8. The Bertz CT molecular complexity index is 1250. The smallest absolute Gasteiger partial charge is 0.242 e. The summed E-state index contributed by atoms with van der Waals surface area (Å²) in [5.74, 6) is -1.33. The van der Waals surface area contributed by atoms with Crippen molar-refractivity contribution in [1.82, 2.24) is 62.1 Å². The zero-order chi connectivity index (χ0) is 45.7. The zero-order valence-electron chi connectivity index (χ0n) is 36.5. The van der Waals surface area contributed by atoms with Crippen LogP contribution < -0.4 is 42.5 Å². The van der Waals surface area contributed by atoms with E-state index < -0.39 is 24.2 Å². The van der Waals surface area contributed by atoms with E-state index in [4.69, 9.17) is 31.4 Å². The molecule has 60 heavy (non-hydrogen) atoms. The summed E-state index contributed by atoms with van der Waals surface area (Å²) in [6, 6.07) is -1.65. The predicted molar refractivity (Wildman–Crippen MR) is 230 cm³/mol. The van der Waals surface area contributed by atoms with Crippen LogP contribution in [0.4, 0.5) is 0 Å². The highest BCUT2D eigenvalue weighted by Gasteiger charge is 2.39. The number of hydrogen-bond acceptors (Lipinski definition) is 12. The highest BCUT2D eigenvalue weighted by atomic mass is 16.2. The maximum Gasteiger partial charge on any atom is 0.242 e. The van der Waals surface area contributed by atoms with Gasteiger partial charge in [0, 0.05) is 54.4 Å². The molecule has 4 fully saturated rings. The third-order valence-electron chi connectivity index (χ3n) is 10.1. The number of amides is 8. The monoisotopic (exact) mass is 837 g/mol. The van der Waals surface area contributed by atoms with E-state index in [0.717, 1.165) is 0 Å². The van der Waals surface area contributed by atoms with E-state index in [1.165, 1.54) is 0 Å². The normalized spacial score (nSPS) is 25.3. The molecule has 4 saturated heterocycles. The number of likely N-dealkylation sites (N-methyl/N-ethyl adjacent to an activating group) is 8. The lowest BCUT2D eigenvalue weighted by Gasteiger charge is -2.23. The number of likely N-dealkylation sites (tertiary alicyclic amines) is 4. The maximum absolute atomic E-state index is 11.6. The van der Waals surface area contributed by atoms with Gasteiger partial charge in [-0.2, -0.15) is 0 Å². The molecule has 24 heteroatoms. The quantitative estimate of drug-likeness (QED) is 0.0858. The van der Waals surface area contributed by atoms with Crippen LogP contribution in [0, 0.1) is 0 Å². The first-order valence-corrected chi connectivity index (χ1v) is 20.0. The van der Waals surface area contributed by atoms with Gasteiger partial charge >= 0.3 is 0 Å². The molecule has 4 rings (SSSR count). The van der Waals surface area contributed by atoms with E-state index in [0.29, 0.717) is 51.9 Å². The van der Waals surface area contributed by atoms with Gasteiger partial charge in [0.1, 0.15) is 24.2 Å². The summed E-state index contributed by atoms with van der Waals surface area (Å²) < 4.78 is 0. The Kier molecular flexibility index (Phi) is 24.8. The van der Waals surface area contributed by atoms with Crippen LogP contribution in [0.1, 0.15) is 25.7 Å². The van der Waals surface area contributed by atoms with Crippen molar-refractivity contribution in [3.63, 3.8) is 0 Å². The summed E-state index contributed by atoms with van der Waals surface area (Å²) in [6.45, 7) is 2.77. The van der Waals surface area contributed by atoms with Crippen molar-refractivity contribution in [2.24, 2.45) is 0 Å². The minimum absolute atomic E-state index is 0.0842. The van der Waals surface area contributed by atoms with Crippen LogP contribution in [-0.4, -0.2) is 231 Å². The fraction of sp³-hybridized carbons (Fsp3) is 0.778. The van der Waals surface area contributed by atoms with Gasteiger partial charge in [-0.15, -0.1) is 0 Å². The molecule has 8 amide bonds. The second-order valence-electron chi connectivity index (χ2n) is 14.8. The third-order valence-corrected chi connectivity index (χ3v) is 10.1. The molecule has 8 radical (unpaired) electrons. The van der Waals surface area contributed by atoms with E-state index in [1.54, 1.807) is 76.0 Å². The molecule has 0 aromatic heterocycles. The number of nitrogens with zero attached hydrogens (tertiary/aromatic N) is 4. The first-order chi connectivity index (χ1) is 28.4. The van der Waals surface area contributed by atoms with Gasteiger partial charge in [0.15, 0.2) is 0 Å². The molecule has 0 unspecified atom stereocenters. The van der Waals surface area contributed by atoms with Crippen molar-refractivity contribution < 1.29 is 38.4 Å². The summed E-state index contributed by atoms with van der Waals surface area (Å²) in [4.78, 5) is 98.8. The Hall–Kier alpha value is -4.14. The van der Waals surface area contributed by atoms with E-state index in [-0.39, 0.29) is 96.7 Å². The van der Waals surface area contributed by atoms with Gasteiger partial charge in [-0.1, -0.05) is 23.3 Å². The van der Waals surface area contributed by atoms with E-state index in [9.17, 15) is 38.4 Å². The van der Waals surface area contributed by atoms with Crippen molar-refractivity contribution in [3.8, 4) is 0 Å². The minimum atomic E-state index is -0.411. The van der Waals surface area contributed by atoms with Crippen molar-refractivity contribution >= 4 is 78.6 Å². The molecule has 0 bridgehead atoms. The second kappa shape index (κ2) is 27.7. The maximum atomic E-state index is 11.6. The van der Waals surface area contributed by atoms with Gasteiger partial charge in [0.25, 0.3) is 0 Å². The van der Waals surface area contributed by atoms with Crippen molar-refractivity contribution in [1.29, 1.82) is 0 Å². The lowest BCUT2D eigenvalue weighted by molar-refractivity contribution is -0.137. The number of rotatable bonds is 12. The van der Waals surface area contributed by atoms with Crippen LogP contribution in [0.3, 0.4) is 0 Å². The summed E-state index contributed by atoms with van der Waals surface area (Å²) in [5, 5.41) is 21.3. The topological polar surface area (TPSA) is 246 Å². The molecule has 8 atom stereocenters. The van der Waals surface area contributed by atoms with Crippen molar-refractivity contribution in [2.75, 3.05) is 109 Å². The molecule has 0 saturated carbocycles. The Morgan fingerprint density at radius 3 is 0.667 bits per heavy atom. The molecule has 8 N–H and O–H groups in total. The van der Waals surface area contributed by atoms with Crippen molar-refractivity contribution in [3.05, 3.63) is 0 Å². The van der Waals surface area contributed by atoms with Crippen LogP contribution in [0.25, 0.3) is 0 Å². The standard InChI is InChI=1S/4C9H16BN3O2/c4*1-11-4-8(14)13-5-6(10)3-7(13)9(15)12-2/h4*6-7,11H,3-5H2,1-2H3,(H,12,15)/t4*6-,7-/m1111/s1. The van der Waals surface area contributed by atoms with Gasteiger partial charge in [-0.3, -0.25) is 38.4 Å². The van der Waals surface area contributed by atoms with Gasteiger partial charge in [-0.25, -0.2) is 0 Å². The van der Waals surface area contributed by atoms with Crippen molar-refractivity contribution in [2.45, 2.75) is 73.1 Å². The van der Waals surface area contributed by atoms with Crippen LogP contribution in [0.15, 0.2) is 0 Å². The highest BCUT2D eigenvalue weighted by molar-refractivity contribution is 6.14. The first kappa shape index (κ1) is 53.9. The summed E-state index contributed by atoms with van der Waals surface area (Å²) in [5.41, 5.74) is 0. The van der Waals surface area contributed by atoms with Crippen LogP contribution in [0.2, 0.25) is 23.3 Å².